The predicted molar refractivity (Wildman–Crippen MR) is 56.6 cm³/mol. The third kappa shape index (κ3) is 3.98. The van der Waals surface area contributed by atoms with Crippen LogP contribution in [0.15, 0.2) is 4.52 Å². The van der Waals surface area contributed by atoms with Gasteiger partial charge >= 0.3 is 5.97 Å². The van der Waals surface area contributed by atoms with Crippen LogP contribution in [0.2, 0.25) is 0 Å². The van der Waals surface area contributed by atoms with Crippen LogP contribution >= 0.6 is 0 Å². The number of methoxy groups -OCH3 is 1. The summed E-state index contributed by atoms with van der Waals surface area (Å²) in [5, 5.41) is 3.79. The van der Waals surface area contributed by atoms with Gasteiger partial charge in [0.1, 0.15) is 0 Å². The van der Waals surface area contributed by atoms with Crippen LogP contribution in [0.3, 0.4) is 0 Å². The van der Waals surface area contributed by atoms with Gasteiger partial charge in [-0.25, -0.2) is 0 Å². The first-order valence-corrected chi connectivity index (χ1v) is 5.22. The molecule has 0 aliphatic rings. The van der Waals surface area contributed by atoms with Gasteiger partial charge in [0.15, 0.2) is 5.82 Å². The lowest BCUT2D eigenvalue weighted by molar-refractivity contribution is -0.140. The van der Waals surface area contributed by atoms with E-state index in [0.717, 1.165) is 6.42 Å². The van der Waals surface area contributed by atoms with Gasteiger partial charge < -0.3 is 9.26 Å². The topological polar surface area (TPSA) is 68.5 Å². The molecule has 90 valence electrons. The summed E-state index contributed by atoms with van der Waals surface area (Å²) in [6.07, 6.45) is 1.12. The van der Waals surface area contributed by atoms with Crippen molar-refractivity contribution >= 4 is 5.97 Å². The molecule has 0 bridgehead atoms. The predicted octanol–water partition coefficient (Wildman–Crippen LogP) is 0.627. The Labute approximate surface area is 94.6 Å². The van der Waals surface area contributed by atoms with Gasteiger partial charge in [-0.15, -0.1) is 0 Å². The van der Waals surface area contributed by atoms with E-state index >= 15 is 0 Å². The quantitative estimate of drug-likeness (QED) is 0.664. The van der Waals surface area contributed by atoms with Crippen molar-refractivity contribution in [3.63, 3.8) is 0 Å². The molecular weight excluding hydrogens is 210 g/mol. The van der Waals surface area contributed by atoms with Crippen molar-refractivity contribution in [2.24, 2.45) is 0 Å². The number of carbonyl (C=O) groups is 1. The van der Waals surface area contributed by atoms with Crippen LogP contribution in [-0.4, -0.2) is 41.7 Å². The van der Waals surface area contributed by atoms with Crippen LogP contribution in [0.4, 0.5) is 0 Å². The number of aryl methyl sites for hydroxylation is 1. The highest BCUT2D eigenvalue weighted by molar-refractivity contribution is 5.69. The second-order valence-corrected chi connectivity index (χ2v) is 3.52. The lowest BCUT2D eigenvalue weighted by atomic mass is 10.4. The van der Waals surface area contributed by atoms with E-state index in [1.807, 2.05) is 18.9 Å². The largest absolute Gasteiger partial charge is 0.469 e. The van der Waals surface area contributed by atoms with Crippen molar-refractivity contribution < 1.29 is 14.1 Å². The maximum atomic E-state index is 10.9. The zero-order valence-electron chi connectivity index (χ0n) is 9.89. The molecule has 1 aromatic heterocycles. The van der Waals surface area contributed by atoms with E-state index in [2.05, 4.69) is 14.9 Å². The van der Waals surface area contributed by atoms with Crippen LogP contribution in [-0.2, 0) is 22.5 Å². The molecule has 0 radical (unpaired) electrons. The third-order valence-electron chi connectivity index (χ3n) is 2.16. The normalized spacial score (nSPS) is 10.8. The fourth-order valence-corrected chi connectivity index (χ4v) is 1.19. The number of rotatable bonds is 6. The lowest BCUT2D eigenvalue weighted by Gasteiger charge is -2.12. The Bertz CT molecular complexity index is 338. The fraction of sp³-hybridized carbons (Fsp3) is 0.700. The number of nitrogens with zero attached hydrogens (tertiary/aromatic N) is 3. The van der Waals surface area contributed by atoms with Crippen molar-refractivity contribution in [2.75, 3.05) is 20.7 Å². The molecule has 0 saturated heterocycles. The molecule has 0 unspecified atom stereocenters. The van der Waals surface area contributed by atoms with E-state index < -0.39 is 0 Å². The number of hydrogen-bond donors (Lipinski definition) is 0. The van der Waals surface area contributed by atoms with Crippen molar-refractivity contribution in [1.82, 2.24) is 15.0 Å². The van der Waals surface area contributed by atoms with Crippen molar-refractivity contribution in [2.45, 2.75) is 26.3 Å². The highest BCUT2D eigenvalue weighted by Crippen LogP contribution is 2.02. The summed E-state index contributed by atoms with van der Waals surface area (Å²) in [7, 11) is 3.27. The van der Waals surface area contributed by atoms with E-state index in [0.29, 0.717) is 31.2 Å². The minimum Gasteiger partial charge on any atom is -0.469 e. The Morgan fingerprint density at radius 3 is 2.88 bits per heavy atom. The first kappa shape index (κ1) is 12.6. The molecule has 0 aromatic carbocycles. The van der Waals surface area contributed by atoms with Crippen LogP contribution < -0.4 is 0 Å². The Hall–Kier alpha value is -1.43. The minimum absolute atomic E-state index is 0.216. The number of esters is 1. The number of aromatic nitrogens is 2. The first-order valence-electron chi connectivity index (χ1n) is 5.22. The highest BCUT2D eigenvalue weighted by Gasteiger charge is 2.09. The second kappa shape index (κ2) is 6.22. The fourth-order valence-electron chi connectivity index (χ4n) is 1.19. The van der Waals surface area contributed by atoms with Gasteiger partial charge in [0, 0.05) is 13.0 Å². The molecular formula is C10H17N3O3. The summed E-state index contributed by atoms with van der Waals surface area (Å²) >= 11 is 0. The summed E-state index contributed by atoms with van der Waals surface area (Å²) in [6.45, 7) is 3.12. The van der Waals surface area contributed by atoms with Crippen LogP contribution in [0.25, 0.3) is 0 Å². The van der Waals surface area contributed by atoms with Gasteiger partial charge in [-0.05, 0) is 7.05 Å². The average Bonchev–Trinajstić information content (AvgIpc) is 2.73. The molecule has 6 heteroatoms. The highest BCUT2D eigenvalue weighted by atomic mass is 16.5. The van der Waals surface area contributed by atoms with Crippen molar-refractivity contribution in [1.29, 1.82) is 0 Å². The Kier molecular flexibility index (Phi) is 4.91. The molecule has 6 nitrogen and oxygen atoms in total. The maximum absolute atomic E-state index is 10.9. The zero-order chi connectivity index (χ0) is 12.0. The first-order chi connectivity index (χ1) is 7.65. The maximum Gasteiger partial charge on any atom is 0.306 e. The van der Waals surface area contributed by atoms with Gasteiger partial charge in [0.25, 0.3) is 0 Å². The smallest absolute Gasteiger partial charge is 0.306 e. The van der Waals surface area contributed by atoms with Crippen LogP contribution in [0, 0.1) is 0 Å². The number of hydrogen-bond acceptors (Lipinski definition) is 6. The van der Waals surface area contributed by atoms with Gasteiger partial charge in [0.2, 0.25) is 5.89 Å². The molecule has 0 aliphatic heterocycles. The lowest BCUT2D eigenvalue weighted by Crippen LogP contribution is -2.22. The third-order valence-corrected chi connectivity index (χ3v) is 2.16. The Balaban J connectivity index is 2.33. The van der Waals surface area contributed by atoms with Gasteiger partial charge in [-0.3, -0.25) is 9.69 Å². The van der Waals surface area contributed by atoms with Gasteiger partial charge in [-0.2, -0.15) is 4.98 Å². The molecule has 0 saturated carbocycles. The average molecular weight is 227 g/mol. The van der Waals surface area contributed by atoms with Crippen LogP contribution in [0.1, 0.15) is 25.1 Å². The SMILES string of the molecule is CCc1noc(CN(C)CCC(=O)OC)n1. The molecule has 1 aromatic rings. The minimum atomic E-state index is -0.216. The molecule has 0 aliphatic carbocycles. The zero-order valence-corrected chi connectivity index (χ0v) is 9.89. The Morgan fingerprint density at radius 2 is 2.31 bits per heavy atom. The molecule has 0 spiro atoms. The summed E-state index contributed by atoms with van der Waals surface area (Å²) in [4.78, 5) is 17.0. The second-order valence-electron chi connectivity index (χ2n) is 3.52. The molecule has 1 rings (SSSR count). The van der Waals surface area contributed by atoms with E-state index in [1.165, 1.54) is 7.11 Å². The molecule has 16 heavy (non-hydrogen) atoms. The number of ether oxygens (including phenoxy) is 1. The standard InChI is InChI=1S/C10H17N3O3/c1-4-8-11-9(16-12-8)7-13(2)6-5-10(14)15-3/h4-7H2,1-3H3. The van der Waals surface area contributed by atoms with E-state index in [4.69, 9.17) is 4.52 Å². The van der Waals surface area contributed by atoms with Gasteiger partial charge in [-0.1, -0.05) is 12.1 Å². The Morgan fingerprint density at radius 1 is 1.56 bits per heavy atom. The van der Waals surface area contributed by atoms with Crippen LogP contribution in [0.5, 0.6) is 0 Å². The summed E-state index contributed by atoms with van der Waals surface area (Å²) in [5.41, 5.74) is 0. The van der Waals surface area contributed by atoms with E-state index in [1.54, 1.807) is 0 Å². The van der Waals surface area contributed by atoms with Crippen molar-refractivity contribution in [3.8, 4) is 0 Å². The summed E-state index contributed by atoms with van der Waals surface area (Å²) in [6, 6.07) is 0. The molecule has 0 N–H and O–H groups in total. The van der Waals surface area contributed by atoms with Crippen molar-refractivity contribution in [3.05, 3.63) is 11.7 Å². The molecule has 0 amide bonds. The molecule has 1 heterocycles. The van der Waals surface area contributed by atoms with E-state index in [-0.39, 0.29) is 5.97 Å². The molecule has 0 atom stereocenters. The van der Waals surface area contributed by atoms with Gasteiger partial charge in [0.05, 0.1) is 20.1 Å². The van der Waals surface area contributed by atoms with E-state index in [9.17, 15) is 4.79 Å². The monoisotopic (exact) mass is 227 g/mol. The molecule has 0 fully saturated rings. The summed E-state index contributed by atoms with van der Waals surface area (Å²) in [5.74, 6) is 1.06. The summed E-state index contributed by atoms with van der Waals surface area (Å²) < 4.78 is 9.60. The number of carbonyl (C=O) groups excluding carboxylic acids is 1.